The summed E-state index contributed by atoms with van der Waals surface area (Å²) in [4.78, 5) is 41.3. The van der Waals surface area contributed by atoms with E-state index < -0.39 is 23.3 Å². The van der Waals surface area contributed by atoms with Crippen molar-refractivity contribution in [1.29, 1.82) is 0 Å². The number of aryl methyl sites for hydroxylation is 1. The molecule has 0 radical (unpaired) electrons. The van der Waals surface area contributed by atoms with Crippen LogP contribution >= 0.6 is 0 Å². The number of benzene rings is 1. The van der Waals surface area contributed by atoms with Crippen molar-refractivity contribution in [2.24, 2.45) is 0 Å². The van der Waals surface area contributed by atoms with E-state index in [1.165, 1.54) is 12.0 Å². The minimum Gasteiger partial charge on any atom is -0.444 e. The van der Waals surface area contributed by atoms with Crippen LogP contribution in [0, 0.1) is 0 Å². The van der Waals surface area contributed by atoms with Gasteiger partial charge in [-0.05, 0) is 71.4 Å². The highest BCUT2D eigenvalue weighted by atomic mass is 16.6. The van der Waals surface area contributed by atoms with Gasteiger partial charge < -0.3 is 20.3 Å². The summed E-state index contributed by atoms with van der Waals surface area (Å²) < 4.78 is 5.30. The second-order valence-electron chi connectivity index (χ2n) is 11.1. The van der Waals surface area contributed by atoms with Gasteiger partial charge in [-0.2, -0.15) is 0 Å². The van der Waals surface area contributed by atoms with E-state index in [-0.39, 0.29) is 24.4 Å². The summed E-state index contributed by atoms with van der Waals surface area (Å²) in [6.07, 6.45) is 6.19. The van der Waals surface area contributed by atoms with E-state index in [4.69, 9.17) is 4.74 Å². The number of carbonyl (C=O) groups is 3. The van der Waals surface area contributed by atoms with Crippen molar-refractivity contribution in [2.45, 2.75) is 117 Å². The molecule has 35 heavy (non-hydrogen) atoms. The van der Waals surface area contributed by atoms with Crippen molar-refractivity contribution in [1.82, 2.24) is 15.5 Å². The molecule has 1 aromatic rings. The number of amides is 3. The Labute approximate surface area is 211 Å². The lowest BCUT2D eigenvalue weighted by atomic mass is 9.91. The van der Waals surface area contributed by atoms with Gasteiger partial charge in [0.1, 0.15) is 18.2 Å². The lowest BCUT2D eigenvalue weighted by molar-refractivity contribution is -0.147. The Balaban J connectivity index is 2.38. The first kappa shape index (κ1) is 28.7. The molecule has 1 aliphatic rings. The Bertz CT molecular complexity index is 852. The predicted octanol–water partition coefficient (Wildman–Crippen LogP) is 5.28. The number of alkyl carbamates (subject to hydrolysis) is 1. The molecule has 1 saturated carbocycles. The molecular weight excluding hydrogens is 442 g/mol. The molecule has 7 nitrogen and oxygen atoms in total. The normalized spacial score (nSPS) is 15.7. The maximum absolute atomic E-state index is 13.8. The zero-order valence-electron chi connectivity index (χ0n) is 22.7. The fourth-order valence-electron chi connectivity index (χ4n) is 4.43. The van der Waals surface area contributed by atoms with Gasteiger partial charge in [0, 0.05) is 11.6 Å². The number of rotatable bonds is 9. The van der Waals surface area contributed by atoms with Crippen molar-refractivity contribution in [3.05, 3.63) is 35.4 Å². The highest BCUT2D eigenvalue weighted by molar-refractivity contribution is 5.91. The molecule has 2 N–H and O–H groups in total. The number of nitrogens with zero attached hydrogens (tertiary/aromatic N) is 1. The largest absolute Gasteiger partial charge is 0.444 e. The highest BCUT2D eigenvalue weighted by Crippen LogP contribution is 2.32. The van der Waals surface area contributed by atoms with Crippen LogP contribution in [0.3, 0.4) is 0 Å². The Morgan fingerprint density at radius 3 is 2.11 bits per heavy atom. The molecule has 0 spiro atoms. The number of hydrogen-bond donors (Lipinski definition) is 2. The maximum Gasteiger partial charge on any atom is 0.408 e. The summed E-state index contributed by atoms with van der Waals surface area (Å²) >= 11 is 0. The van der Waals surface area contributed by atoms with Gasteiger partial charge in [-0.15, -0.1) is 0 Å². The van der Waals surface area contributed by atoms with E-state index in [1.54, 1.807) is 25.7 Å². The van der Waals surface area contributed by atoms with Gasteiger partial charge in [0.2, 0.25) is 11.8 Å². The Kier molecular flexibility index (Phi) is 10.2. The lowest BCUT2D eigenvalue weighted by Gasteiger charge is -2.43. The minimum atomic E-state index is -0.800. The summed E-state index contributed by atoms with van der Waals surface area (Å²) in [6, 6.07) is 7.23. The number of carbonyl (C=O) groups excluding carboxylic acids is 3. The smallest absolute Gasteiger partial charge is 0.408 e. The molecule has 3 amide bonds. The molecule has 1 aromatic carbocycles. The topological polar surface area (TPSA) is 87.7 Å². The van der Waals surface area contributed by atoms with E-state index in [0.29, 0.717) is 6.42 Å². The Morgan fingerprint density at radius 2 is 1.60 bits per heavy atom. The van der Waals surface area contributed by atoms with Crippen molar-refractivity contribution in [2.75, 3.05) is 6.54 Å². The Morgan fingerprint density at radius 1 is 1.00 bits per heavy atom. The summed E-state index contributed by atoms with van der Waals surface area (Å²) in [5.74, 6) is -0.501. The molecule has 196 valence electrons. The van der Waals surface area contributed by atoms with Crippen LogP contribution in [0.4, 0.5) is 4.79 Å². The van der Waals surface area contributed by atoms with E-state index in [2.05, 4.69) is 17.6 Å². The maximum atomic E-state index is 13.8. The molecule has 0 saturated heterocycles. The Hall–Kier alpha value is -2.57. The molecule has 1 unspecified atom stereocenters. The quantitative estimate of drug-likeness (QED) is 0.496. The van der Waals surface area contributed by atoms with Crippen LogP contribution in [0.15, 0.2) is 24.3 Å². The standard InChI is InChI=1S/C28H45N3O4/c1-8-20-15-17-21(18-16-20)24(25(33)30-22-13-11-10-12-14-22)31(28(6,7)9-2)23(32)19-29-26(34)35-27(3,4)5/h15-18,22,24H,8-14,19H2,1-7H3,(H,29,34)(H,30,33). The third-order valence-electron chi connectivity index (χ3n) is 6.73. The second-order valence-corrected chi connectivity index (χ2v) is 11.1. The summed E-state index contributed by atoms with van der Waals surface area (Å²) in [5, 5.41) is 5.81. The third-order valence-corrected chi connectivity index (χ3v) is 6.73. The molecule has 0 aromatic heterocycles. The van der Waals surface area contributed by atoms with Gasteiger partial charge in [-0.25, -0.2) is 4.79 Å². The van der Waals surface area contributed by atoms with Crippen LogP contribution in [0.5, 0.6) is 0 Å². The van der Waals surface area contributed by atoms with Gasteiger partial charge in [0.05, 0.1) is 0 Å². The van der Waals surface area contributed by atoms with E-state index in [9.17, 15) is 14.4 Å². The monoisotopic (exact) mass is 487 g/mol. The molecular formula is C28H45N3O4. The molecule has 2 rings (SSSR count). The number of ether oxygens (including phenoxy) is 1. The van der Waals surface area contributed by atoms with Gasteiger partial charge in [-0.3, -0.25) is 9.59 Å². The zero-order valence-corrected chi connectivity index (χ0v) is 22.7. The van der Waals surface area contributed by atoms with Crippen LogP contribution in [0.1, 0.15) is 104 Å². The third kappa shape index (κ3) is 8.55. The fourth-order valence-corrected chi connectivity index (χ4v) is 4.43. The first-order chi connectivity index (χ1) is 16.4. The molecule has 0 aliphatic heterocycles. The van der Waals surface area contributed by atoms with Crippen molar-refractivity contribution >= 4 is 17.9 Å². The van der Waals surface area contributed by atoms with Gasteiger partial charge in [-0.1, -0.05) is 57.4 Å². The zero-order chi connectivity index (χ0) is 26.2. The first-order valence-electron chi connectivity index (χ1n) is 13.1. The predicted molar refractivity (Wildman–Crippen MR) is 139 cm³/mol. The van der Waals surface area contributed by atoms with Crippen molar-refractivity contribution in [3.63, 3.8) is 0 Å². The molecule has 1 aliphatic carbocycles. The molecule has 1 fully saturated rings. The van der Waals surface area contributed by atoms with Crippen LogP contribution < -0.4 is 10.6 Å². The van der Waals surface area contributed by atoms with Crippen molar-refractivity contribution < 1.29 is 19.1 Å². The second kappa shape index (κ2) is 12.4. The number of nitrogens with one attached hydrogen (secondary N) is 2. The number of hydrogen-bond acceptors (Lipinski definition) is 4. The molecule has 7 heteroatoms. The SMILES string of the molecule is CCc1ccc(C(C(=O)NC2CCCCC2)N(C(=O)CNC(=O)OC(C)(C)C)C(C)(C)CC)cc1. The first-order valence-corrected chi connectivity index (χ1v) is 13.1. The average molecular weight is 488 g/mol. The van der Waals surface area contributed by atoms with Gasteiger partial charge in [0.15, 0.2) is 0 Å². The average Bonchev–Trinajstić information content (AvgIpc) is 2.80. The highest BCUT2D eigenvalue weighted by Gasteiger charge is 2.40. The van der Waals surface area contributed by atoms with Crippen LogP contribution in [-0.4, -0.2) is 46.5 Å². The van der Waals surface area contributed by atoms with Crippen LogP contribution in [-0.2, 0) is 20.7 Å². The molecule has 0 heterocycles. The lowest BCUT2D eigenvalue weighted by Crippen LogP contribution is -2.57. The summed E-state index contributed by atoms with van der Waals surface area (Å²) in [5.41, 5.74) is 0.644. The molecule has 1 atom stereocenters. The minimum absolute atomic E-state index is 0.121. The molecule has 0 bridgehead atoms. The van der Waals surface area contributed by atoms with Crippen LogP contribution in [0.2, 0.25) is 0 Å². The van der Waals surface area contributed by atoms with Gasteiger partial charge in [0.25, 0.3) is 0 Å². The summed E-state index contributed by atoms with van der Waals surface area (Å²) in [7, 11) is 0. The fraction of sp³-hybridized carbons (Fsp3) is 0.679. The van der Waals surface area contributed by atoms with E-state index in [0.717, 1.165) is 37.7 Å². The van der Waals surface area contributed by atoms with Crippen molar-refractivity contribution in [3.8, 4) is 0 Å². The van der Waals surface area contributed by atoms with E-state index >= 15 is 0 Å². The van der Waals surface area contributed by atoms with E-state index in [1.807, 2.05) is 45.0 Å². The van der Waals surface area contributed by atoms with Gasteiger partial charge >= 0.3 is 6.09 Å². The summed E-state index contributed by atoms with van der Waals surface area (Å²) in [6.45, 7) is 13.1. The van der Waals surface area contributed by atoms with Crippen LogP contribution in [0.25, 0.3) is 0 Å².